The highest BCUT2D eigenvalue weighted by atomic mass is 16.5. The molecule has 1 aliphatic heterocycles. The monoisotopic (exact) mass is 228 g/mol. The van der Waals surface area contributed by atoms with E-state index in [1.54, 1.807) is 0 Å². The summed E-state index contributed by atoms with van der Waals surface area (Å²) in [5.74, 6) is 0.856. The first-order chi connectivity index (χ1) is 7.74. The summed E-state index contributed by atoms with van der Waals surface area (Å²) < 4.78 is 5.31. The van der Waals surface area contributed by atoms with Crippen LogP contribution in [0.25, 0.3) is 0 Å². The molecule has 0 aromatic heterocycles. The Morgan fingerprint density at radius 3 is 2.88 bits per heavy atom. The van der Waals surface area contributed by atoms with Gasteiger partial charge in [-0.3, -0.25) is 0 Å². The predicted octanol–water partition coefficient (Wildman–Crippen LogP) is 1.73. The molecule has 0 bridgehead atoms. The summed E-state index contributed by atoms with van der Waals surface area (Å²) >= 11 is 0. The number of rotatable bonds is 8. The molecule has 0 aliphatic carbocycles. The minimum absolute atomic E-state index is 0.711. The van der Waals surface area contributed by atoms with Gasteiger partial charge in [0.2, 0.25) is 0 Å². The van der Waals surface area contributed by atoms with Gasteiger partial charge in [-0.15, -0.1) is 0 Å². The van der Waals surface area contributed by atoms with E-state index in [1.807, 2.05) is 6.92 Å². The first kappa shape index (κ1) is 13.9. The lowest BCUT2D eigenvalue weighted by Crippen LogP contribution is -2.31. The van der Waals surface area contributed by atoms with Crippen LogP contribution in [0, 0.1) is 5.92 Å². The van der Waals surface area contributed by atoms with Gasteiger partial charge in [-0.05, 0) is 59.2 Å². The zero-order valence-corrected chi connectivity index (χ0v) is 11.2. The van der Waals surface area contributed by atoms with E-state index in [-0.39, 0.29) is 0 Å². The summed E-state index contributed by atoms with van der Waals surface area (Å²) in [7, 11) is 0. The van der Waals surface area contributed by atoms with Crippen LogP contribution in [-0.4, -0.2) is 50.3 Å². The zero-order valence-electron chi connectivity index (χ0n) is 11.2. The number of likely N-dealkylation sites (tertiary alicyclic amines) is 1. The fourth-order valence-electron chi connectivity index (χ4n) is 2.25. The van der Waals surface area contributed by atoms with Gasteiger partial charge >= 0.3 is 0 Å². The normalized spacial score (nSPS) is 22.1. The maximum absolute atomic E-state index is 5.31. The van der Waals surface area contributed by atoms with Crippen LogP contribution in [-0.2, 0) is 4.74 Å². The Hall–Kier alpha value is -0.120. The van der Waals surface area contributed by atoms with Gasteiger partial charge < -0.3 is 15.0 Å². The van der Waals surface area contributed by atoms with Crippen molar-refractivity contribution in [3.8, 4) is 0 Å². The molecule has 3 nitrogen and oxygen atoms in total. The molecule has 1 heterocycles. The van der Waals surface area contributed by atoms with Crippen molar-refractivity contribution in [2.75, 3.05) is 39.4 Å². The van der Waals surface area contributed by atoms with Crippen molar-refractivity contribution in [3.05, 3.63) is 0 Å². The number of nitrogens with one attached hydrogen (secondary N) is 1. The second kappa shape index (κ2) is 8.04. The molecule has 1 aliphatic rings. The van der Waals surface area contributed by atoms with Crippen LogP contribution in [0.5, 0.6) is 0 Å². The van der Waals surface area contributed by atoms with Gasteiger partial charge in [0.05, 0.1) is 0 Å². The van der Waals surface area contributed by atoms with Gasteiger partial charge in [-0.2, -0.15) is 0 Å². The molecule has 0 spiro atoms. The average Bonchev–Trinajstić information content (AvgIpc) is 2.72. The minimum Gasteiger partial charge on any atom is -0.382 e. The quantitative estimate of drug-likeness (QED) is 0.640. The second-order valence-electron chi connectivity index (χ2n) is 5.00. The summed E-state index contributed by atoms with van der Waals surface area (Å²) in [6.45, 7) is 13.2. The minimum atomic E-state index is 0.711. The van der Waals surface area contributed by atoms with Crippen molar-refractivity contribution in [2.45, 2.75) is 39.7 Å². The van der Waals surface area contributed by atoms with E-state index in [1.165, 1.54) is 26.1 Å². The van der Waals surface area contributed by atoms with E-state index < -0.39 is 0 Å². The van der Waals surface area contributed by atoms with E-state index in [9.17, 15) is 0 Å². The van der Waals surface area contributed by atoms with Crippen LogP contribution < -0.4 is 5.32 Å². The van der Waals surface area contributed by atoms with E-state index in [2.05, 4.69) is 24.1 Å². The highest BCUT2D eigenvalue weighted by Crippen LogP contribution is 2.17. The Kier molecular flexibility index (Phi) is 7.01. The summed E-state index contributed by atoms with van der Waals surface area (Å²) in [6, 6.07) is 0.711. The Morgan fingerprint density at radius 1 is 1.44 bits per heavy atom. The summed E-state index contributed by atoms with van der Waals surface area (Å²) in [6.07, 6.45) is 2.49. The molecular weight excluding hydrogens is 200 g/mol. The second-order valence-corrected chi connectivity index (χ2v) is 5.00. The third-order valence-corrected chi connectivity index (χ3v) is 3.33. The maximum atomic E-state index is 5.31. The molecular formula is C13H28N2O. The summed E-state index contributed by atoms with van der Waals surface area (Å²) in [5.41, 5.74) is 0. The van der Waals surface area contributed by atoms with Crippen LogP contribution in [0.3, 0.4) is 0 Å². The van der Waals surface area contributed by atoms with E-state index in [0.29, 0.717) is 6.04 Å². The van der Waals surface area contributed by atoms with Crippen molar-refractivity contribution in [2.24, 2.45) is 5.92 Å². The first-order valence-corrected chi connectivity index (χ1v) is 6.76. The van der Waals surface area contributed by atoms with Crippen LogP contribution in [0.1, 0.15) is 33.6 Å². The standard InChI is InChI=1S/C13H28N2O/c1-4-16-9-5-7-14-10-13-6-8-15(11-13)12(2)3/h12-14H,4-11H2,1-3H3. The Morgan fingerprint density at radius 2 is 2.25 bits per heavy atom. The van der Waals surface area contributed by atoms with Crippen molar-refractivity contribution in [1.82, 2.24) is 10.2 Å². The molecule has 1 fully saturated rings. The molecule has 0 saturated carbocycles. The Labute approximate surface area is 101 Å². The van der Waals surface area contributed by atoms with Crippen molar-refractivity contribution >= 4 is 0 Å². The first-order valence-electron chi connectivity index (χ1n) is 6.76. The lowest BCUT2D eigenvalue weighted by atomic mass is 10.1. The van der Waals surface area contributed by atoms with Gasteiger partial charge in [0, 0.05) is 25.8 Å². The summed E-state index contributed by atoms with van der Waals surface area (Å²) in [4.78, 5) is 2.58. The van der Waals surface area contributed by atoms with Crippen molar-refractivity contribution in [1.29, 1.82) is 0 Å². The smallest absolute Gasteiger partial charge is 0.0477 e. The lowest BCUT2D eigenvalue weighted by molar-refractivity contribution is 0.144. The van der Waals surface area contributed by atoms with Crippen LogP contribution >= 0.6 is 0 Å². The fraction of sp³-hybridized carbons (Fsp3) is 1.00. The van der Waals surface area contributed by atoms with E-state index in [0.717, 1.165) is 32.1 Å². The fourth-order valence-corrected chi connectivity index (χ4v) is 2.25. The molecule has 1 atom stereocenters. The SMILES string of the molecule is CCOCCCNCC1CCN(C(C)C)C1. The topological polar surface area (TPSA) is 24.5 Å². The predicted molar refractivity (Wildman–Crippen MR) is 68.8 cm³/mol. The van der Waals surface area contributed by atoms with Gasteiger partial charge in [-0.1, -0.05) is 0 Å². The molecule has 16 heavy (non-hydrogen) atoms. The molecule has 1 saturated heterocycles. The molecule has 1 unspecified atom stereocenters. The van der Waals surface area contributed by atoms with E-state index >= 15 is 0 Å². The van der Waals surface area contributed by atoms with Gasteiger partial charge in [0.1, 0.15) is 0 Å². The Balaban J connectivity index is 1.94. The van der Waals surface area contributed by atoms with Gasteiger partial charge in [0.15, 0.2) is 0 Å². The highest BCUT2D eigenvalue weighted by Gasteiger charge is 2.23. The third-order valence-electron chi connectivity index (χ3n) is 3.33. The van der Waals surface area contributed by atoms with Gasteiger partial charge in [-0.25, -0.2) is 0 Å². The number of ether oxygens (including phenoxy) is 1. The average molecular weight is 228 g/mol. The molecule has 0 radical (unpaired) electrons. The maximum Gasteiger partial charge on any atom is 0.0477 e. The van der Waals surface area contributed by atoms with Crippen molar-refractivity contribution in [3.63, 3.8) is 0 Å². The summed E-state index contributed by atoms with van der Waals surface area (Å²) in [5, 5.41) is 3.54. The molecule has 96 valence electrons. The number of nitrogens with zero attached hydrogens (tertiary/aromatic N) is 1. The third kappa shape index (κ3) is 5.28. The largest absolute Gasteiger partial charge is 0.382 e. The number of hydrogen-bond acceptors (Lipinski definition) is 3. The molecule has 0 aromatic rings. The highest BCUT2D eigenvalue weighted by molar-refractivity contribution is 4.78. The molecule has 0 amide bonds. The van der Waals surface area contributed by atoms with Crippen LogP contribution in [0.4, 0.5) is 0 Å². The zero-order chi connectivity index (χ0) is 11.8. The van der Waals surface area contributed by atoms with Crippen molar-refractivity contribution < 1.29 is 4.74 Å². The molecule has 0 aromatic carbocycles. The Bertz CT molecular complexity index is 173. The lowest BCUT2D eigenvalue weighted by Gasteiger charge is -2.20. The number of hydrogen-bond donors (Lipinski definition) is 1. The van der Waals surface area contributed by atoms with Crippen LogP contribution in [0.15, 0.2) is 0 Å². The van der Waals surface area contributed by atoms with Crippen LogP contribution in [0.2, 0.25) is 0 Å². The van der Waals surface area contributed by atoms with Gasteiger partial charge in [0.25, 0.3) is 0 Å². The molecule has 1 N–H and O–H groups in total. The molecule has 1 rings (SSSR count). The molecule has 3 heteroatoms. The van der Waals surface area contributed by atoms with E-state index in [4.69, 9.17) is 4.74 Å².